The van der Waals surface area contributed by atoms with Crippen LogP contribution in [0.4, 0.5) is 0 Å². The van der Waals surface area contributed by atoms with Crippen molar-refractivity contribution in [2.24, 2.45) is 0 Å². The predicted molar refractivity (Wildman–Crippen MR) is 173 cm³/mol. The summed E-state index contributed by atoms with van der Waals surface area (Å²) in [7, 11) is 2.76. The Kier molecular flexibility index (Phi) is 6.99. The van der Waals surface area contributed by atoms with E-state index in [0.29, 0.717) is 21.5 Å². The zero-order valence-corrected chi connectivity index (χ0v) is 26.7. The average Bonchev–Trinajstić information content (AvgIpc) is 3.12. The third kappa shape index (κ3) is 4.21. The van der Waals surface area contributed by atoms with E-state index >= 15 is 0 Å². The van der Waals surface area contributed by atoms with Gasteiger partial charge in [-0.2, -0.15) is 0 Å². The molecule has 0 fully saturated rings. The highest BCUT2D eigenvalue weighted by atomic mass is 16.5. The highest BCUT2D eigenvalue weighted by Crippen LogP contribution is 2.39. The number of hydrogen-bond donors (Lipinski definition) is 0. The molecule has 0 radical (unpaired) electrons. The number of carbonyl (C=O) groups is 8. The van der Waals surface area contributed by atoms with Crippen LogP contribution in [0.25, 0.3) is 21.5 Å². The lowest BCUT2D eigenvalue weighted by molar-refractivity contribution is 0.0264. The summed E-state index contributed by atoms with van der Waals surface area (Å²) in [5.41, 5.74) is 1.87. The van der Waals surface area contributed by atoms with E-state index in [1.807, 2.05) is 0 Å². The van der Waals surface area contributed by atoms with Gasteiger partial charge in [0.2, 0.25) is 0 Å². The van der Waals surface area contributed by atoms with Crippen LogP contribution in [0.1, 0.15) is 82.9 Å². The summed E-state index contributed by atoms with van der Waals surface area (Å²) in [6.07, 6.45) is 0. The zero-order valence-electron chi connectivity index (χ0n) is 26.7. The minimum Gasteiger partial charge on any atom is -0.377 e. The molecule has 8 rings (SSSR count). The van der Waals surface area contributed by atoms with Crippen molar-refractivity contribution < 1.29 is 47.8 Å². The van der Waals surface area contributed by atoms with Crippen molar-refractivity contribution in [1.29, 1.82) is 0 Å². The molecule has 0 bridgehead atoms. The molecule has 0 N–H and O–H groups in total. The van der Waals surface area contributed by atoms with Gasteiger partial charge in [-0.05, 0) is 48.5 Å². The smallest absolute Gasteiger partial charge is 0.261 e. The second-order valence-corrected chi connectivity index (χ2v) is 12.2. The maximum absolute atomic E-state index is 13.4. The monoisotopic (exact) mass is 674 g/mol. The van der Waals surface area contributed by atoms with E-state index in [2.05, 4.69) is 0 Å². The van der Waals surface area contributed by atoms with Gasteiger partial charge in [0.25, 0.3) is 47.3 Å². The quantitative estimate of drug-likeness (QED) is 0.190. The van der Waals surface area contributed by atoms with E-state index < -0.39 is 47.3 Å². The van der Waals surface area contributed by atoms with Gasteiger partial charge in [-0.15, -0.1) is 0 Å². The zero-order chi connectivity index (χ0) is 35.2. The van der Waals surface area contributed by atoms with Gasteiger partial charge in [-0.1, -0.05) is 0 Å². The lowest BCUT2D eigenvalue weighted by Gasteiger charge is -2.30. The van der Waals surface area contributed by atoms with Gasteiger partial charge in [-0.3, -0.25) is 58.0 Å². The van der Waals surface area contributed by atoms with Crippen LogP contribution in [0.3, 0.4) is 0 Å². The first-order valence-corrected chi connectivity index (χ1v) is 15.7. The van der Waals surface area contributed by atoms with Crippen molar-refractivity contribution >= 4 is 68.8 Å². The fraction of sp³-hybridized carbons (Fsp3) is 0.222. The maximum Gasteiger partial charge on any atom is 0.261 e. The molecule has 8 amide bonds. The molecule has 4 aliphatic rings. The molecule has 250 valence electrons. The summed E-state index contributed by atoms with van der Waals surface area (Å²) >= 11 is 0. The van der Waals surface area contributed by atoms with Crippen LogP contribution in [-0.2, 0) is 9.47 Å². The van der Waals surface area contributed by atoms with Crippen molar-refractivity contribution in [3.05, 3.63) is 93.0 Å². The van der Waals surface area contributed by atoms with E-state index in [1.165, 1.54) is 62.6 Å². The number of rotatable bonds is 9. The van der Waals surface area contributed by atoms with E-state index in [0.717, 1.165) is 19.6 Å². The number of benzene rings is 4. The number of amides is 8. The summed E-state index contributed by atoms with van der Waals surface area (Å²) in [6.45, 7) is 0.0956. The largest absolute Gasteiger partial charge is 0.377 e. The molecular weight excluding hydrogens is 648 g/mol. The molecule has 0 saturated heterocycles. The van der Waals surface area contributed by atoms with Crippen LogP contribution in [0, 0.1) is 0 Å². The molecule has 0 aliphatic carbocycles. The number of ether oxygens (including phenoxy) is 2. The third-order valence-corrected chi connectivity index (χ3v) is 9.65. The molecule has 4 heterocycles. The summed E-state index contributed by atoms with van der Waals surface area (Å²) in [5, 5.41) is 1.20. The normalized spacial score (nSPS) is 16.6. The summed E-state index contributed by atoms with van der Waals surface area (Å²) in [5.74, 6) is -4.27. The molecule has 4 aliphatic heterocycles. The Morgan fingerprint density at radius 1 is 0.360 bits per heavy atom. The van der Waals surface area contributed by atoms with Crippen LogP contribution < -0.4 is 0 Å². The Labute approximate surface area is 282 Å². The van der Waals surface area contributed by atoms with Crippen molar-refractivity contribution in [2.45, 2.75) is 0 Å². The summed E-state index contributed by atoms with van der Waals surface area (Å²) < 4.78 is 11.2. The van der Waals surface area contributed by atoms with Gasteiger partial charge in [0, 0.05) is 80.1 Å². The molecule has 4 aromatic carbocycles. The number of imide groups is 4. The van der Waals surface area contributed by atoms with Crippen LogP contribution >= 0.6 is 0 Å². The van der Waals surface area contributed by atoms with Crippen LogP contribution in [0.15, 0.2) is 48.5 Å². The third-order valence-electron chi connectivity index (χ3n) is 9.65. The summed E-state index contributed by atoms with van der Waals surface area (Å²) in [4.78, 5) is 108. The van der Waals surface area contributed by atoms with E-state index in [1.54, 1.807) is 0 Å². The molecule has 14 heteroatoms. The first-order valence-electron chi connectivity index (χ1n) is 15.7. The SMILES string of the molecule is CN1C(=O)c2ccc3c4c(ccc(c24)C1=O)C(=O)N(CCOCCOCCN1C(=O)c2ccc4c5c(ccc(c25)C1=O)C(=O)N(C)C4=O)C3=O. The Morgan fingerprint density at radius 2 is 0.580 bits per heavy atom. The maximum atomic E-state index is 13.4. The number of carbonyl (C=O) groups excluding carboxylic acids is 8. The van der Waals surface area contributed by atoms with E-state index in [4.69, 9.17) is 9.47 Å². The second kappa shape index (κ2) is 11.2. The molecule has 4 aromatic rings. The van der Waals surface area contributed by atoms with Crippen molar-refractivity contribution in [2.75, 3.05) is 53.6 Å². The Balaban J connectivity index is 0.864. The molecule has 50 heavy (non-hydrogen) atoms. The lowest BCUT2D eigenvalue weighted by atomic mass is 9.86. The van der Waals surface area contributed by atoms with Gasteiger partial charge in [0.05, 0.1) is 39.5 Å². The fourth-order valence-corrected chi connectivity index (χ4v) is 7.13. The minimum atomic E-state index is -0.562. The molecular formula is C36H26N4O10. The average molecular weight is 675 g/mol. The van der Waals surface area contributed by atoms with Gasteiger partial charge in [-0.25, -0.2) is 0 Å². The van der Waals surface area contributed by atoms with Gasteiger partial charge in [0.15, 0.2) is 0 Å². The molecule has 14 nitrogen and oxygen atoms in total. The Morgan fingerprint density at radius 3 is 0.820 bits per heavy atom. The molecule has 0 saturated carbocycles. The minimum absolute atomic E-state index is 0.00586. The Bertz CT molecular complexity index is 2040. The van der Waals surface area contributed by atoms with Crippen LogP contribution in [-0.4, -0.2) is 120 Å². The second-order valence-electron chi connectivity index (χ2n) is 12.2. The van der Waals surface area contributed by atoms with E-state index in [-0.39, 0.29) is 84.0 Å². The first kappa shape index (κ1) is 31.2. The fourth-order valence-electron chi connectivity index (χ4n) is 7.13. The molecule has 0 atom stereocenters. The highest BCUT2D eigenvalue weighted by Gasteiger charge is 2.40. The highest BCUT2D eigenvalue weighted by molar-refractivity contribution is 6.34. The number of nitrogens with zero attached hydrogens (tertiary/aromatic N) is 4. The van der Waals surface area contributed by atoms with Crippen LogP contribution in [0.5, 0.6) is 0 Å². The lowest BCUT2D eigenvalue weighted by Crippen LogP contribution is -2.43. The van der Waals surface area contributed by atoms with E-state index in [9.17, 15) is 38.4 Å². The first-order chi connectivity index (χ1) is 24.0. The molecule has 0 unspecified atom stereocenters. The predicted octanol–water partition coefficient (Wildman–Crippen LogP) is 2.37. The number of hydrogen-bond acceptors (Lipinski definition) is 10. The summed E-state index contributed by atoms with van der Waals surface area (Å²) in [6, 6.07) is 11.9. The van der Waals surface area contributed by atoms with Crippen molar-refractivity contribution in [1.82, 2.24) is 19.6 Å². The van der Waals surface area contributed by atoms with Crippen LogP contribution in [0.2, 0.25) is 0 Å². The topological polar surface area (TPSA) is 168 Å². The van der Waals surface area contributed by atoms with Gasteiger partial charge in [0.1, 0.15) is 0 Å². The standard InChI is InChI=1S/C36H26N4O10/c1-37-29(41)17-3-7-21-27-22(8-4-18(25(17)27)30(37)42)34(46)39(33(21)45)11-13-49-15-16-50-14-12-40-35(47)23-9-5-19-26-20(32(44)38(2)31(19)43)6-10-24(28(23)26)36(40)48/h3-10H,11-16H2,1-2H3. The Hall–Kier alpha value is -6.12. The van der Waals surface area contributed by atoms with Crippen molar-refractivity contribution in [3.63, 3.8) is 0 Å². The molecule has 0 aromatic heterocycles. The van der Waals surface area contributed by atoms with Gasteiger partial charge >= 0.3 is 0 Å². The van der Waals surface area contributed by atoms with Crippen molar-refractivity contribution in [3.8, 4) is 0 Å². The van der Waals surface area contributed by atoms with Gasteiger partial charge < -0.3 is 9.47 Å². The molecule has 0 spiro atoms.